The van der Waals surface area contributed by atoms with E-state index in [-0.39, 0.29) is 5.82 Å². The Morgan fingerprint density at radius 1 is 1.39 bits per heavy atom. The quantitative estimate of drug-likeness (QED) is 0.832. The summed E-state index contributed by atoms with van der Waals surface area (Å²) in [5.41, 5.74) is 0.781. The van der Waals surface area contributed by atoms with Crippen LogP contribution in [0.25, 0.3) is 11.0 Å². The lowest BCUT2D eigenvalue weighted by Crippen LogP contribution is -2.22. The number of aliphatic hydroxyl groups is 1. The van der Waals surface area contributed by atoms with Crippen molar-refractivity contribution in [2.75, 3.05) is 0 Å². The van der Waals surface area contributed by atoms with Crippen molar-refractivity contribution in [1.29, 1.82) is 0 Å². The van der Waals surface area contributed by atoms with Gasteiger partial charge in [-0.3, -0.25) is 0 Å². The molecule has 0 aliphatic carbocycles. The van der Waals surface area contributed by atoms with Crippen LogP contribution in [0.5, 0.6) is 0 Å². The zero-order valence-corrected chi connectivity index (χ0v) is 11.0. The predicted molar refractivity (Wildman–Crippen MR) is 70.0 cm³/mol. The molecule has 0 spiro atoms. The van der Waals surface area contributed by atoms with Gasteiger partial charge in [-0.2, -0.15) is 0 Å². The first-order chi connectivity index (χ1) is 8.37. The fourth-order valence-corrected chi connectivity index (χ4v) is 1.65. The van der Waals surface area contributed by atoms with E-state index in [1.54, 1.807) is 26.8 Å². The standard InChI is InChI=1S/C12H14FNO2.C2H4/c1-7-4-11-8(5-9(7)13)10(14-16-11)6-12(2,3)15;1-2/h4-5,15H,6H2,1-3H3;1-2H2. The number of rotatable bonds is 2. The van der Waals surface area contributed by atoms with Crippen LogP contribution >= 0.6 is 0 Å². The van der Waals surface area contributed by atoms with Crippen molar-refractivity contribution in [3.8, 4) is 0 Å². The molecule has 0 aliphatic rings. The van der Waals surface area contributed by atoms with Crippen LogP contribution in [0.15, 0.2) is 29.8 Å². The molecule has 1 N–H and O–H groups in total. The Morgan fingerprint density at radius 2 is 2.00 bits per heavy atom. The first-order valence-corrected chi connectivity index (χ1v) is 5.63. The van der Waals surface area contributed by atoms with Crippen LogP contribution in [-0.2, 0) is 6.42 Å². The Kier molecular flexibility index (Phi) is 4.24. The van der Waals surface area contributed by atoms with E-state index < -0.39 is 5.60 Å². The summed E-state index contributed by atoms with van der Waals surface area (Å²) in [7, 11) is 0. The number of benzene rings is 1. The Hall–Kier alpha value is -1.68. The summed E-state index contributed by atoms with van der Waals surface area (Å²) in [5.74, 6) is -0.285. The van der Waals surface area contributed by atoms with Crippen molar-refractivity contribution in [1.82, 2.24) is 5.16 Å². The number of hydrogen-bond donors (Lipinski definition) is 1. The van der Waals surface area contributed by atoms with E-state index in [4.69, 9.17) is 4.52 Å². The molecule has 0 bridgehead atoms. The number of hydrogen-bond acceptors (Lipinski definition) is 3. The Balaban J connectivity index is 0.000000771. The van der Waals surface area contributed by atoms with Gasteiger partial charge in [-0.1, -0.05) is 5.16 Å². The minimum absolute atomic E-state index is 0.285. The highest BCUT2D eigenvalue weighted by atomic mass is 19.1. The molecule has 1 heterocycles. The number of aryl methyl sites for hydroxylation is 1. The topological polar surface area (TPSA) is 46.3 Å². The minimum Gasteiger partial charge on any atom is -0.390 e. The van der Waals surface area contributed by atoms with Gasteiger partial charge >= 0.3 is 0 Å². The van der Waals surface area contributed by atoms with E-state index in [0.717, 1.165) is 0 Å². The smallest absolute Gasteiger partial charge is 0.167 e. The minimum atomic E-state index is -0.884. The number of nitrogens with zero attached hydrogens (tertiary/aromatic N) is 1. The molecule has 4 heteroatoms. The highest BCUT2D eigenvalue weighted by Gasteiger charge is 2.19. The van der Waals surface area contributed by atoms with Crippen LogP contribution in [0.2, 0.25) is 0 Å². The third-order valence-corrected chi connectivity index (χ3v) is 2.43. The fourth-order valence-electron chi connectivity index (χ4n) is 1.65. The second kappa shape index (κ2) is 5.31. The van der Waals surface area contributed by atoms with Gasteiger partial charge in [0.1, 0.15) is 5.82 Å². The second-order valence-electron chi connectivity index (χ2n) is 4.72. The largest absolute Gasteiger partial charge is 0.390 e. The molecule has 0 unspecified atom stereocenters. The molecule has 1 aromatic heterocycles. The molecule has 0 aliphatic heterocycles. The van der Waals surface area contributed by atoms with E-state index >= 15 is 0 Å². The molecule has 0 saturated heterocycles. The molecule has 0 amide bonds. The number of aromatic nitrogens is 1. The number of fused-ring (bicyclic) bond motifs is 1. The summed E-state index contributed by atoms with van der Waals surface area (Å²) in [6.45, 7) is 11.0. The van der Waals surface area contributed by atoms with Crippen LogP contribution in [0.1, 0.15) is 25.1 Å². The molecular formula is C14H18FNO2. The van der Waals surface area contributed by atoms with Gasteiger partial charge in [0.15, 0.2) is 5.58 Å². The van der Waals surface area contributed by atoms with Gasteiger partial charge < -0.3 is 9.63 Å². The average Bonchev–Trinajstić information content (AvgIpc) is 2.63. The molecule has 98 valence electrons. The molecule has 0 radical (unpaired) electrons. The molecule has 0 saturated carbocycles. The third kappa shape index (κ3) is 3.17. The SMILES string of the molecule is C=C.Cc1cc2onc(CC(C)(C)O)c2cc1F. The van der Waals surface area contributed by atoms with E-state index in [0.29, 0.717) is 28.6 Å². The first kappa shape index (κ1) is 14.4. The molecule has 2 rings (SSSR count). The zero-order chi connectivity index (χ0) is 13.9. The van der Waals surface area contributed by atoms with Gasteiger partial charge in [-0.25, -0.2) is 4.39 Å². The molecule has 0 fully saturated rings. The van der Waals surface area contributed by atoms with Gasteiger partial charge in [-0.05, 0) is 38.5 Å². The molecule has 3 nitrogen and oxygen atoms in total. The summed E-state index contributed by atoms with van der Waals surface area (Å²) in [6.07, 6.45) is 0.336. The maximum atomic E-state index is 13.4. The van der Waals surface area contributed by atoms with Crippen LogP contribution in [-0.4, -0.2) is 15.9 Å². The Bertz CT molecular complexity index is 540. The van der Waals surface area contributed by atoms with Crippen LogP contribution in [0.4, 0.5) is 4.39 Å². The van der Waals surface area contributed by atoms with Crippen molar-refractivity contribution >= 4 is 11.0 Å². The van der Waals surface area contributed by atoms with Gasteiger partial charge in [0.05, 0.1) is 11.3 Å². The summed E-state index contributed by atoms with van der Waals surface area (Å²) >= 11 is 0. The molecule has 18 heavy (non-hydrogen) atoms. The van der Waals surface area contributed by atoms with E-state index in [9.17, 15) is 9.50 Å². The highest BCUT2D eigenvalue weighted by Crippen LogP contribution is 2.24. The van der Waals surface area contributed by atoms with E-state index in [2.05, 4.69) is 18.3 Å². The van der Waals surface area contributed by atoms with Crippen molar-refractivity contribution in [2.45, 2.75) is 32.8 Å². The number of halogens is 1. The Labute approximate surface area is 106 Å². The summed E-state index contributed by atoms with van der Waals surface area (Å²) in [6, 6.07) is 3.02. The second-order valence-corrected chi connectivity index (χ2v) is 4.72. The van der Waals surface area contributed by atoms with Crippen molar-refractivity contribution in [3.05, 3.63) is 42.4 Å². The molecule has 1 aromatic carbocycles. The summed E-state index contributed by atoms with van der Waals surface area (Å²) < 4.78 is 18.5. The van der Waals surface area contributed by atoms with Gasteiger partial charge in [-0.15, -0.1) is 13.2 Å². The van der Waals surface area contributed by atoms with Gasteiger partial charge in [0.2, 0.25) is 0 Å². The normalized spacial score (nSPS) is 11.2. The monoisotopic (exact) mass is 251 g/mol. The summed E-state index contributed by atoms with van der Waals surface area (Å²) in [5, 5.41) is 14.2. The molecule has 0 atom stereocenters. The third-order valence-electron chi connectivity index (χ3n) is 2.43. The first-order valence-electron chi connectivity index (χ1n) is 5.63. The van der Waals surface area contributed by atoms with Crippen LogP contribution in [0, 0.1) is 12.7 Å². The van der Waals surface area contributed by atoms with E-state index in [1.165, 1.54) is 6.07 Å². The van der Waals surface area contributed by atoms with Crippen LogP contribution < -0.4 is 0 Å². The van der Waals surface area contributed by atoms with Crippen molar-refractivity contribution < 1.29 is 14.0 Å². The molecule has 2 aromatic rings. The summed E-state index contributed by atoms with van der Waals surface area (Å²) in [4.78, 5) is 0. The maximum absolute atomic E-state index is 13.4. The van der Waals surface area contributed by atoms with Crippen molar-refractivity contribution in [2.24, 2.45) is 0 Å². The zero-order valence-electron chi connectivity index (χ0n) is 11.0. The molecular weight excluding hydrogens is 233 g/mol. The van der Waals surface area contributed by atoms with Crippen molar-refractivity contribution in [3.63, 3.8) is 0 Å². The maximum Gasteiger partial charge on any atom is 0.167 e. The lowest BCUT2D eigenvalue weighted by atomic mass is 10.0. The fraction of sp³-hybridized carbons (Fsp3) is 0.357. The van der Waals surface area contributed by atoms with E-state index in [1.807, 2.05) is 0 Å². The lowest BCUT2D eigenvalue weighted by molar-refractivity contribution is 0.0793. The highest BCUT2D eigenvalue weighted by molar-refractivity contribution is 5.80. The van der Waals surface area contributed by atoms with Crippen LogP contribution in [0.3, 0.4) is 0 Å². The van der Waals surface area contributed by atoms with Gasteiger partial charge in [0, 0.05) is 11.8 Å². The predicted octanol–water partition coefficient (Wildman–Crippen LogP) is 3.39. The average molecular weight is 251 g/mol. The van der Waals surface area contributed by atoms with Gasteiger partial charge in [0.25, 0.3) is 0 Å². The Morgan fingerprint density at radius 3 is 2.56 bits per heavy atom. The lowest BCUT2D eigenvalue weighted by Gasteiger charge is -2.14.